The van der Waals surface area contributed by atoms with Gasteiger partial charge in [0.05, 0.1) is 25.2 Å². The topological polar surface area (TPSA) is 103 Å². The van der Waals surface area contributed by atoms with Crippen molar-refractivity contribution in [2.75, 3.05) is 26.3 Å². The molecular formula is C27H23ClN6O3S. The summed E-state index contributed by atoms with van der Waals surface area (Å²) >= 11 is 7.56. The number of benzene rings is 2. The van der Waals surface area contributed by atoms with Gasteiger partial charge >= 0.3 is 0 Å². The molecular weight excluding hydrogens is 524 g/mol. The van der Waals surface area contributed by atoms with Crippen LogP contribution in [-0.4, -0.2) is 68.6 Å². The van der Waals surface area contributed by atoms with E-state index in [2.05, 4.69) is 14.7 Å². The van der Waals surface area contributed by atoms with Crippen molar-refractivity contribution in [3.05, 3.63) is 76.5 Å². The highest BCUT2D eigenvalue weighted by Gasteiger charge is 2.36. The number of rotatable bonds is 5. The minimum atomic E-state index is -0.507. The van der Waals surface area contributed by atoms with Crippen molar-refractivity contribution >= 4 is 68.2 Å². The molecule has 192 valence electrons. The second-order valence-electron chi connectivity index (χ2n) is 9.00. The maximum atomic E-state index is 13.0. The first-order valence-electron chi connectivity index (χ1n) is 12.1. The largest absolute Gasteiger partial charge is 0.378 e. The van der Waals surface area contributed by atoms with Crippen LogP contribution in [0.1, 0.15) is 17.5 Å². The van der Waals surface area contributed by atoms with Gasteiger partial charge in [0.25, 0.3) is 5.91 Å². The molecule has 3 aromatic rings. The average molecular weight is 547 g/mol. The second kappa shape index (κ2) is 10.2. The van der Waals surface area contributed by atoms with E-state index in [9.17, 15) is 9.59 Å². The molecule has 0 aliphatic carbocycles. The Hall–Kier alpha value is -3.73. The van der Waals surface area contributed by atoms with Gasteiger partial charge in [-0.2, -0.15) is 15.1 Å². The van der Waals surface area contributed by atoms with E-state index in [-0.39, 0.29) is 23.7 Å². The number of aliphatic imine (C=N–C) groups is 1. The molecule has 0 unspecified atom stereocenters. The summed E-state index contributed by atoms with van der Waals surface area (Å²) in [6, 6.07) is 15.6. The predicted octanol–water partition coefficient (Wildman–Crippen LogP) is 4.21. The zero-order valence-electron chi connectivity index (χ0n) is 20.3. The number of amides is 2. The zero-order chi connectivity index (χ0) is 26.2. The van der Waals surface area contributed by atoms with E-state index in [0.717, 1.165) is 33.8 Å². The molecule has 6 rings (SSSR count). The molecule has 1 aromatic heterocycles. The lowest BCUT2D eigenvalue weighted by Gasteiger charge is -2.26. The minimum absolute atomic E-state index is 0.0556. The Morgan fingerprint density at radius 3 is 2.71 bits per heavy atom. The molecule has 38 heavy (non-hydrogen) atoms. The summed E-state index contributed by atoms with van der Waals surface area (Å²) < 4.78 is 7.39. The number of nitrogens with zero attached hydrogens (tertiary/aromatic N) is 5. The van der Waals surface area contributed by atoms with Crippen LogP contribution in [0.4, 0.5) is 0 Å². The van der Waals surface area contributed by atoms with Crippen molar-refractivity contribution in [3.8, 4) is 0 Å². The van der Waals surface area contributed by atoms with Crippen LogP contribution in [0.15, 0.2) is 70.4 Å². The number of halogens is 1. The van der Waals surface area contributed by atoms with Crippen LogP contribution in [-0.2, 0) is 20.9 Å². The summed E-state index contributed by atoms with van der Waals surface area (Å²) in [7, 11) is 0. The van der Waals surface area contributed by atoms with Gasteiger partial charge in [-0.05, 0) is 35.5 Å². The quantitative estimate of drug-likeness (QED) is 0.483. The highest BCUT2D eigenvalue weighted by molar-refractivity contribution is 8.27. The maximum Gasteiger partial charge on any atom is 0.283 e. The number of thioether (sulfide) groups is 1. The number of hydrogen-bond acceptors (Lipinski definition) is 6. The van der Waals surface area contributed by atoms with Crippen LogP contribution in [0.2, 0.25) is 5.02 Å². The fourth-order valence-electron chi connectivity index (χ4n) is 4.64. The molecule has 0 bridgehead atoms. The van der Waals surface area contributed by atoms with Crippen LogP contribution in [0.5, 0.6) is 0 Å². The lowest BCUT2D eigenvalue weighted by atomic mass is 10.1. The van der Waals surface area contributed by atoms with Crippen molar-refractivity contribution in [1.29, 1.82) is 5.41 Å². The first kappa shape index (κ1) is 24.6. The number of fused-ring (bicyclic) bond motifs is 2. The molecule has 0 atom stereocenters. The predicted molar refractivity (Wildman–Crippen MR) is 150 cm³/mol. The summed E-state index contributed by atoms with van der Waals surface area (Å²) in [5.41, 5.74) is 2.89. The van der Waals surface area contributed by atoms with E-state index < -0.39 is 5.91 Å². The van der Waals surface area contributed by atoms with Gasteiger partial charge in [0.15, 0.2) is 5.84 Å². The van der Waals surface area contributed by atoms with Gasteiger partial charge in [0, 0.05) is 47.3 Å². The molecule has 0 saturated carbocycles. The summed E-state index contributed by atoms with van der Waals surface area (Å²) in [5, 5.41) is 17.0. The minimum Gasteiger partial charge on any atom is -0.378 e. The average Bonchev–Trinajstić information content (AvgIpc) is 3.49. The Morgan fingerprint density at radius 1 is 1.13 bits per heavy atom. The van der Waals surface area contributed by atoms with Crippen molar-refractivity contribution in [1.82, 2.24) is 14.5 Å². The lowest BCUT2D eigenvalue weighted by molar-refractivity contribution is -0.133. The molecule has 2 aromatic carbocycles. The van der Waals surface area contributed by atoms with Crippen LogP contribution < -0.4 is 0 Å². The molecule has 2 amide bonds. The van der Waals surface area contributed by atoms with Gasteiger partial charge in [-0.25, -0.2) is 0 Å². The van der Waals surface area contributed by atoms with Gasteiger partial charge < -0.3 is 14.2 Å². The summed E-state index contributed by atoms with van der Waals surface area (Å²) in [5.74, 6) is -0.628. The van der Waals surface area contributed by atoms with Crippen LogP contribution in [0.25, 0.3) is 17.0 Å². The molecule has 3 aliphatic heterocycles. The van der Waals surface area contributed by atoms with Crippen molar-refractivity contribution < 1.29 is 14.3 Å². The number of amidine groups is 2. The number of nitrogens with one attached hydrogen (secondary N) is 1. The fraction of sp³-hybridized carbons (Fsp3) is 0.222. The molecule has 0 radical (unpaired) electrons. The first-order chi connectivity index (χ1) is 18.5. The summed E-state index contributed by atoms with van der Waals surface area (Å²) in [6.45, 7) is 2.70. The van der Waals surface area contributed by atoms with E-state index in [1.165, 1.54) is 5.01 Å². The maximum absolute atomic E-state index is 13.0. The zero-order valence-corrected chi connectivity index (χ0v) is 21.8. The van der Waals surface area contributed by atoms with Gasteiger partial charge in [-0.1, -0.05) is 48.0 Å². The fourth-order valence-corrected chi connectivity index (χ4v) is 5.72. The Bertz CT molecular complexity index is 1570. The first-order valence-corrected chi connectivity index (χ1v) is 13.3. The number of hydrazone groups is 1. The number of para-hydroxylation sites is 1. The number of morpholine rings is 1. The van der Waals surface area contributed by atoms with E-state index in [1.807, 2.05) is 54.7 Å². The summed E-state index contributed by atoms with van der Waals surface area (Å²) in [4.78, 5) is 31.6. The Balaban J connectivity index is 1.28. The Morgan fingerprint density at radius 2 is 1.89 bits per heavy atom. The number of carbonyl (C=O) groups is 2. The molecule has 3 aliphatic rings. The third kappa shape index (κ3) is 4.66. The Kier molecular flexibility index (Phi) is 6.61. The van der Waals surface area contributed by atoms with Gasteiger partial charge in [-0.3, -0.25) is 15.0 Å². The Labute approximate surface area is 227 Å². The number of ether oxygens (including phenoxy) is 1. The summed E-state index contributed by atoms with van der Waals surface area (Å²) in [6.07, 6.45) is 3.74. The van der Waals surface area contributed by atoms with Crippen LogP contribution in [0.3, 0.4) is 0 Å². The smallest absolute Gasteiger partial charge is 0.283 e. The van der Waals surface area contributed by atoms with Gasteiger partial charge in [-0.15, -0.1) is 0 Å². The number of aromatic nitrogens is 1. The number of carbonyl (C=O) groups excluding carboxylic acids is 2. The van der Waals surface area contributed by atoms with Gasteiger partial charge in [0.2, 0.25) is 11.1 Å². The number of hydrogen-bond donors (Lipinski definition) is 1. The standard InChI is InChI=1S/C27H23ClN6O3S/c28-21-7-3-1-5-17(21)15-33-16-18(19-6-2-4-8-22(19)33)13-20-25(29)34-27(30-26(20)36)38-23(31-34)14-24(35)32-9-11-37-12-10-32/h1-8,13,16,29H,9-12,14-15H2/b20-13-,29-25?. The molecule has 1 fully saturated rings. The van der Waals surface area contributed by atoms with Gasteiger partial charge in [0.1, 0.15) is 5.04 Å². The van der Waals surface area contributed by atoms with Crippen LogP contribution in [0, 0.1) is 5.41 Å². The third-order valence-electron chi connectivity index (χ3n) is 6.58. The molecule has 1 saturated heterocycles. The highest BCUT2D eigenvalue weighted by atomic mass is 35.5. The van der Waals surface area contributed by atoms with E-state index >= 15 is 0 Å². The van der Waals surface area contributed by atoms with Crippen molar-refractivity contribution in [2.45, 2.75) is 13.0 Å². The normalized spacial score (nSPS) is 18.7. The molecule has 0 spiro atoms. The molecule has 9 nitrogen and oxygen atoms in total. The van der Waals surface area contributed by atoms with E-state index in [0.29, 0.717) is 48.1 Å². The third-order valence-corrected chi connectivity index (χ3v) is 7.86. The van der Waals surface area contributed by atoms with Crippen molar-refractivity contribution in [2.24, 2.45) is 10.1 Å². The molecule has 11 heteroatoms. The van der Waals surface area contributed by atoms with Crippen LogP contribution >= 0.6 is 23.4 Å². The lowest BCUT2D eigenvalue weighted by Crippen LogP contribution is -2.41. The van der Waals surface area contributed by atoms with E-state index in [4.69, 9.17) is 21.7 Å². The van der Waals surface area contributed by atoms with E-state index in [1.54, 1.807) is 11.0 Å². The molecule has 4 heterocycles. The monoisotopic (exact) mass is 546 g/mol. The van der Waals surface area contributed by atoms with Crippen molar-refractivity contribution in [3.63, 3.8) is 0 Å². The highest BCUT2D eigenvalue weighted by Crippen LogP contribution is 2.31. The second-order valence-corrected chi connectivity index (χ2v) is 10.5. The molecule has 1 N–H and O–H groups in total. The SMILES string of the molecule is N=C1/C(=C/c2cn(Cc3ccccc3Cl)c3ccccc23)C(=O)N=C2SC(CC(=O)N3CCOCC3)=NN12.